The van der Waals surface area contributed by atoms with Crippen LogP contribution in [0, 0.1) is 0 Å². The molecule has 1 atom stereocenters. The molecule has 1 heterocycles. The number of hydrogen-bond acceptors (Lipinski definition) is 6. The summed E-state index contributed by atoms with van der Waals surface area (Å²) in [7, 11) is 1.35. The number of nitrogens with zero attached hydrogens (tertiary/aromatic N) is 1. The van der Waals surface area contributed by atoms with Crippen molar-refractivity contribution in [2.45, 2.75) is 56.3 Å². The van der Waals surface area contributed by atoms with Crippen molar-refractivity contribution in [1.29, 1.82) is 0 Å². The Balaban J connectivity index is 1.68. The third kappa shape index (κ3) is 6.79. The van der Waals surface area contributed by atoms with Crippen LogP contribution in [0.1, 0.15) is 53.9 Å². The molecule has 0 aliphatic heterocycles. The van der Waals surface area contributed by atoms with Crippen LogP contribution in [0.5, 0.6) is 11.5 Å². The van der Waals surface area contributed by atoms with Gasteiger partial charge in [0.25, 0.3) is 5.91 Å². The monoisotopic (exact) mass is 597 g/mol. The number of pyridine rings is 1. The van der Waals surface area contributed by atoms with Gasteiger partial charge in [0, 0.05) is 16.7 Å². The Morgan fingerprint density at radius 3 is 2.14 bits per heavy atom. The van der Waals surface area contributed by atoms with Crippen LogP contribution >= 0.6 is 0 Å². The van der Waals surface area contributed by atoms with Gasteiger partial charge >= 0.3 is 12.4 Å². The van der Waals surface area contributed by atoms with Crippen molar-refractivity contribution in [2.75, 3.05) is 13.7 Å². The summed E-state index contributed by atoms with van der Waals surface area (Å²) in [5.41, 5.74) is -0.648. The molecule has 1 saturated carbocycles. The lowest BCUT2D eigenvalue weighted by molar-refractivity contribution is -0.265. The molecule has 4 N–H and O–H groups in total. The fourth-order valence-corrected chi connectivity index (χ4v) is 4.01. The molecule has 1 unspecified atom stereocenters. The van der Waals surface area contributed by atoms with E-state index in [9.17, 15) is 36.2 Å². The second-order valence-electron chi connectivity index (χ2n) is 10.6. The van der Waals surface area contributed by atoms with Crippen LogP contribution < -0.4 is 20.5 Å². The molecule has 0 bridgehead atoms. The van der Waals surface area contributed by atoms with E-state index in [1.54, 1.807) is 0 Å². The van der Waals surface area contributed by atoms with E-state index >= 15 is 0 Å². The van der Waals surface area contributed by atoms with Gasteiger partial charge in [-0.3, -0.25) is 4.79 Å². The number of amides is 1. The van der Waals surface area contributed by atoms with Gasteiger partial charge in [0.2, 0.25) is 5.60 Å². The lowest BCUT2D eigenvalue weighted by atomic mass is 9.89. The zero-order chi connectivity index (χ0) is 31.1. The predicted molar refractivity (Wildman–Crippen MR) is 141 cm³/mol. The number of benzene rings is 2. The Hall–Kier alpha value is -3.84. The summed E-state index contributed by atoms with van der Waals surface area (Å²) in [6.07, 6.45) is -8.17. The van der Waals surface area contributed by atoms with Crippen LogP contribution in [-0.4, -0.2) is 41.9 Å². The number of halogens is 6. The van der Waals surface area contributed by atoms with E-state index in [1.807, 2.05) is 0 Å². The van der Waals surface area contributed by atoms with E-state index in [4.69, 9.17) is 15.2 Å². The highest BCUT2D eigenvalue weighted by Gasteiger charge is 2.56. The van der Waals surface area contributed by atoms with Gasteiger partial charge in [-0.15, -0.1) is 0 Å². The van der Waals surface area contributed by atoms with E-state index in [0.29, 0.717) is 5.75 Å². The maximum Gasteiger partial charge on any atom is 0.424 e. The molecule has 0 spiro atoms. The van der Waals surface area contributed by atoms with E-state index in [1.165, 1.54) is 45.2 Å². The average Bonchev–Trinajstić information content (AvgIpc) is 3.74. The first-order chi connectivity index (χ1) is 19.4. The smallest absolute Gasteiger partial charge is 0.424 e. The molecule has 1 fully saturated rings. The molecule has 42 heavy (non-hydrogen) atoms. The van der Waals surface area contributed by atoms with E-state index < -0.39 is 47.2 Å². The fraction of sp³-hybridized carbons (Fsp3) is 0.379. The first-order valence-corrected chi connectivity index (χ1v) is 12.8. The maximum absolute atomic E-state index is 14.5. The summed E-state index contributed by atoms with van der Waals surface area (Å²) in [5, 5.41) is 13.2. The molecule has 7 nitrogen and oxygen atoms in total. The van der Waals surface area contributed by atoms with Crippen LogP contribution in [-0.2, 0) is 17.3 Å². The molecule has 226 valence electrons. The lowest BCUT2D eigenvalue weighted by Crippen LogP contribution is -2.51. The van der Waals surface area contributed by atoms with Crippen molar-refractivity contribution < 1.29 is 45.7 Å². The number of carbonyl (C=O) groups is 1. The number of aromatic nitrogens is 1. The van der Waals surface area contributed by atoms with Gasteiger partial charge in [0.1, 0.15) is 0 Å². The van der Waals surface area contributed by atoms with Gasteiger partial charge < -0.3 is 25.6 Å². The molecule has 1 amide bonds. The average molecular weight is 598 g/mol. The first-order valence-electron chi connectivity index (χ1n) is 12.8. The van der Waals surface area contributed by atoms with Crippen LogP contribution in [0.2, 0.25) is 0 Å². The molecule has 2 aromatic carbocycles. The zero-order valence-corrected chi connectivity index (χ0v) is 22.9. The number of alkyl halides is 6. The summed E-state index contributed by atoms with van der Waals surface area (Å²) >= 11 is 0. The van der Waals surface area contributed by atoms with Gasteiger partial charge in [0.15, 0.2) is 11.5 Å². The normalized spacial score (nSPS) is 15.6. The number of carbonyl (C=O) groups excluding carboxylic acids is 1. The highest BCUT2D eigenvalue weighted by molar-refractivity contribution is 5.95. The van der Waals surface area contributed by atoms with Crippen molar-refractivity contribution in [3.05, 3.63) is 77.0 Å². The molecule has 4 rings (SSSR count). The number of aliphatic hydroxyl groups is 1. The summed E-state index contributed by atoms with van der Waals surface area (Å²) in [4.78, 5) is 16.8. The summed E-state index contributed by atoms with van der Waals surface area (Å²) < 4.78 is 93.4. The van der Waals surface area contributed by atoms with Crippen LogP contribution in [0.15, 0.2) is 54.6 Å². The van der Waals surface area contributed by atoms with Gasteiger partial charge in [0.05, 0.1) is 36.7 Å². The number of nitrogens with two attached hydrogens (primary N) is 1. The molecular formula is C29H29F6N3O4. The second-order valence-corrected chi connectivity index (χ2v) is 10.6. The minimum absolute atomic E-state index is 0.0367. The van der Waals surface area contributed by atoms with Crippen molar-refractivity contribution in [1.82, 2.24) is 10.3 Å². The van der Waals surface area contributed by atoms with Crippen LogP contribution in [0.3, 0.4) is 0 Å². The minimum atomic E-state index is -5.33. The second kappa shape index (κ2) is 11.1. The van der Waals surface area contributed by atoms with E-state index in [2.05, 4.69) is 10.3 Å². The Morgan fingerprint density at radius 2 is 1.62 bits per heavy atom. The summed E-state index contributed by atoms with van der Waals surface area (Å²) in [5.74, 6) is -0.349. The first kappa shape index (κ1) is 31.1. The standard InChI is InChI=1S/C29H29F6N3O4/c1-26(2,36)19-13-21(16-4-7-18(8-5-16)28(30,31)32)38-24(14-19)27(40,29(33,34)35)15-37-25(39)17-6-11-22(23(12-17)41-3)42-20-9-10-20/h4-8,11-14,20,40H,9-10,15,36H2,1-3H3,(H,37,39). The van der Waals surface area contributed by atoms with Gasteiger partial charge in [-0.2, -0.15) is 26.3 Å². The number of nitrogens with one attached hydrogen (secondary N) is 1. The van der Waals surface area contributed by atoms with Crippen molar-refractivity contribution in [3.63, 3.8) is 0 Å². The fourth-order valence-electron chi connectivity index (χ4n) is 4.01. The number of methoxy groups -OCH3 is 1. The van der Waals surface area contributed by atoms with Crippen LogP contribution in [0.25, 0.3) is 11.3 Å². The predicted octanol–water partition coefficient (Wildman–Crippen LogP) is 5.69. The molecular weight excluding hydrogens is 568 g/mol. The zero-order valence-electron chi connectivity index (χ0n) is 22.9. The van der Waals surface area contributed by atoms with Gasteiger partial charge in [-0.05, 0) is 74.7 Å². The quantitative estimate of drug-likeness (QED) is 0.274. The number of hydrogen-bond donors (Lipinski definition) is 3. The molecule has 0 saturated heterocycles. The molecule has 1 aromatic heterocycles. The Kier molecular flexibility index (Phi) is 8.22. The van der Waals surface area contributed by atoms with Crippen molar-refractivity contribution in [2.24, 2.45) is 5.73 Å². The maximum atomic E-state index is 14.5. The van der Waals surface area contributed by atoms with E-state index in [-0.39, 0.29) is 34.2 Å². The lowest BCUT2D eigenvalue weighted by Gasteiger charge is -2.32. The molecule has 13 heteroatoms. The highest BCUT2D eigenvalue weighted by Crippen LogP contribution is 2.40. The number of ether oxygens (including phenoxy) is 2. The Morgan fingerprint density at radius 1 is 0.976 bits per heavy atom. The largest absolute Gasteiger partial charge is 0.493 e. The summed E-state index contributed by atoms with van der Waals surface area (Å²) in [6.45, 7) is 1.67. The third-order valence-corrected chi connectivity index (χ3v) is 6.72. The van der Waals surface area contributed by atoms with Crippen molar-refractivity contribution in [3.8, 4) is 22.8 Å². The Labute approximate surface area is 237 Å². The Bertz CT molecular complexity index is 1450. The molecule has 3 aromatic rings. The highest BCUT2D eigenvalue weighted by atomic mass is 19.4. The van der Waals surface area contributed by atoms with Gasteiger partial charge in [-0.1, -0.05) is 12.1 Å². The molecule has 1 aliphatic rings. The van der Waals surface area contributed by atoms with E-state index in [0.717, 1.165) is 43.2 Å². The minimum Gasteiger partial charge on any atom is -0.493 e. The third-order valence-electron chi connectivity index (χ3n) is 6.72. The summed E-state index contributed by atoms with van der Waals surface area (Å²) in [6, 6.07) is 10.1. The topological polar surface area (TPSA) is 107 Å². The SMILES string of the molecule is COc1cc(C(=O)NCC(O)(c2cc(C(C)(C)N)cc(-c3ccc(C(F)(F)F)cc3)n2)C(F)(F)F)ccc1OC1CC1. The number of rotatable bonds is 9. The molecule has 1 aliphatic carbocycles. The van der Waals surface area contributed by atoms with Crippen molar-refractivity contribution >= 4 is 5.91 Å². The molecule has 0 radical (unpaired) electrons. The van der Waals surface area contributed by atoms with Gasteiger partial charge in [-0.25, -0.2) is 4.98 Å². The van der Waals surface area contributed by atoms with Crippen LogP contribution in [0.4, 0.5) is 26.3 Å².